The van der Waals surface area contributed by atoms with Crippen LogP contribution >= 0.6 is 81.4 Å². The molecule has 0 aromatic rings. The molecular weight excluding hydrogens is 1800 g/mol. The van der Waals surface area contributed by atoms with Crippen molar-refractivity contribution >= 4 is 108 Å². The van der Waals surface area contributed by atoms with Gasteiger partial charge in [0.05, 0.1) is 0 Å². The molecule has 0 aromatic carbocycles. The molecule has 0 aromatic heterocycles. The van der Waals surface area contributed by atoms with Crippen LogP contribution in [0.2, 0.25) is 0 Å². The first-order valence-electron chi connectivity index (χ1n) is 11.7. The van der Waals surface area contributed by atoms with E-state index in [1.54, 1.807) is 0 Å². The number of hydrogen-bond donors (Lipinski definition) is 6. The fraction of sp³-hybridized carbons (Fsp3) is 0. The van der Waals surface area contributed by atoms with Gasteiger partial charge in [-0.05, 0) is 37.2 Å². The zero-order chi connectivity index (χ0) is 40.5. The molecule has 0 atom stereocenters. The predicted octanol–water partition coefficient (Wildman–Crippen LogP) is -1.03. The van der Waals surface area contributed by atoms with Crippen LogP contribution in [0.5, 0.6) is 0 Å². The van der Waals surface area contributed by atoms with Gasteiger partial charge in [0.2, 0.25) is 0 Å². The van der Waals surface area contributed by atoms with Crippen LogP contribution in [0, 0.1) is 50.3 Å². The molecule has 0 radical (unpaired) electrons. The molecule has 6 N–H and O–H groups in total. The molecule has 0 amide bonds. The third-order valence-electron chi connectivity index (χ3n) is 3.98. The minimum atomic E-state index is -9.19. The molecule has 53 heavy (non-hydrogen) atoms. The molecule has 0 saturated heterocycles. The second-order valence-electron chi connectivity index (χ2n) is 7.12. The van der Waals surface area contributed by atoms with Crippen LogP contribution in [0.3, 0.4) is 0 Å². The number of rotatable bonds is 3. The van der Waals surface area contributed by atoms with Gasteiger partial charge in [0.1, 0.15) is 0 Å². The van der Waals surface area contributed by atoms with Crippen molar-refractivity contribution in [1.82, 2.24) is 62.0 Å². The smallest absolute Gasteiger partial charge is 0.112 e. The molecule has 6 aliphatic heterocycles. The molecule has 17 nitrogen and oxygen atoms in total. The van der Waals surface area contributed by atoms with E-state index in [9.17, 15) is 14.1 Å². The summed E-state index contributed by atoms with van der Waals surface area (Å²) in [5, 5.41) is 35.9. The summed E-state index contributed by atoms with van der Waals surface area (Å²) in [5.41, 5.74) is 0. The Hall–Kier alpha value is 1.03. The Morgan fingerprint density at radius 2 is 0.566 bits per heavy atom. The Labute approximate surface area is 373 Å². The van der Waals surface area contributed by atoms with Crippen molar-refractivity contribution in [2.75, 3.05) is 0 Å². The van der Waals surface area contributed by atoms with Gasteiger partial charge in [-0.15, -0.1) is 50.3 Å². The number of hydrogen-bond acceptors (Lipinski definition) is 16. The van der Waals surface area contributed by atoms with Gasteiger partial charge in [0.25, 0.3) is 0 Å². The first kappa shape index (κ1) is 60.7. The van der Waals surface area contributed by atoms with E-state index in [1.165, 1.54) is 0 Å². The predicted molar refractivity (Wildman–Crippen MR) is 186 cm³/mol. The van der Waals surface area contributed by atoms with Crippen molar-refractivity contribution < 1.29 is 88.0 Å². The van der Waals surface area contributed by atoms with E-state index in [1.807, 2.05) is 144 Å². The summed E-state index contributed by atoms with van der Waals surface area (Å²) in [6, 6.07) is 0. The normalized spacial score (nSPS) is 16.8. The summed E-state index contributed by atoms with van der Waals surface area (Å²) in [5.74, 6) is 0. The van der Waals surface area contributed by atoms with Gasteiger partial charge in [-0.3, -0.25) is 0 Å². The molecule has 34 heteroatoms. The third-order valence-corrected chi connectivity index (χ3v) is 3.98. The van der Waals surface area contributed by atoms with Crippen LogP contribution in [-0.4, -0.2) is 57.1 Å². The number of halogens is 13. The number of nitrogens with one attached hydrogen (secondary N) is 6. The monoisotopic (exact) mass is 1820 g/mol. The third kappa shape index (κ3) is 45.6. The van der Waals surface area contributed by atoms with Crippen molar-refractivity contribution in [3.8, 4) is 0 Å². The molecule has 0 bridgehead atoms. The zero-order valence-corrected chi connectivity index (χ0v) is 45.7. The summed E-state index contributed by atoms with van der Waals surface area (Å²) < 4.78 is 83.5. The summed E-state index contributed by atoms with van der Waals surface area (Å²) in [6.45, 7) is 13.4. The summed E-state index contributed by atoms with van der Waals surface area (Å²) >= 11 is 10.1. The van der Waals surface area contributed by atoms with Gasteiger partial charge < -0.3 is 72.1 Å². The van der Waals surface area contributed by atoms with E-state index in [0.29, 0.717) is 0 Å². The van der Waals surface area contributed by atoms with E-state index in [0.717, 1.165) is 0 Å². The van der Waals surface area contributed by atoms with Crippen LogP contribution in [0.1, 0.15) is 0 Å². The average Bonchev–Trinajstić information content (AvgIpc) is 3.91. The fourth-order valence-corrected chi connectivity index (χ4v) is 2.55. The molecule has 0 unspecified atom stereocenters. The Bertz CT molecular complexity index is 910. The first-order valence-corrected chi connectivity index (χ1v) is 51.1. The Morgan fingerprint density at radius 1 is 0.472 bits per heavy atom. The van der Waals surface area contributed by atoms with E-state index in [-0.39, 0.29) is 45.1 Å². The largest absolute Gasteiger partial charge is 0.222 e. The average molecular weight is 1820 g/mol. The van der Waals surface area contributed by atoms with Crippen LogP contribution in [-0.2, 0) is 40.4 Å². The number of hydrazine groups is 3. The quantitative estimate of drug-likeness (QED) is 0.0866. The minimum absolute atomic E-state index is 0. The molecule has 6 heterocycles. The fourth-order valence-electron chi connectivity index (χ4n) is 2.55. The van der Waals surface area contributed by atoms with Crippen molar-refractivity contribution in [3.05, 3.63) is 120 Å². The first-order chi connectivity index (χ1) is 24.4. The van der Waals surface area contributed by atoms with Gasteiger partial charge >= 0.3 is 156 Å². The van der Waals surface area contributed by atoms with Crippen molar-refractivity contribution in [3.63, 3.8) is 0 Å². The van der Waals surface area contributed by atoms with Gasteiger partial charge in [-0.2, -0.15) is 0 Å². The molecule has 0 saturated carbocycles. The summed E-state index contributed by atoms with van der Waals surface area (Å²) in [4.78, 5) is 0. The van der Waals surface area contributed by atoms with E-state index >= 15 is 0 Å². The maximum absolute atomic E-state index is 9.91. The Kier molecular flexibility index (Phi) is 42.7. The van der Waals surface area contributed by atoms with Crippen molar-refractivity contribution in [2.45, 2.75) is 0 Å². The van der Waals surface area contributed by atoms with Crippen LogP contribution in [0.25, 0.3) is 5.41 Å². The zero-order valence-electron chi connectivity index (χ0n) is 25.3. The second-order valence-corrected chi connectivity index (χ2v) is 44.9. The summed E-state index contributed by atoms with van der Waals surface area (Å²) in [7, 11) is -4.94. The van der Waals surface area contributed by atoms with Crippen LogP contribution in [0.15, 0.2) is 74.4 Å². The maximum Gasteiger partial charge on any atom is -0.112 e. The second kappa shape index (κ2) is 37.3. The molecule has 320 valence electrons. The van der Waals surface area contributed by atoms with E-state index in [2.05, 4.69) is 120 Å². The van der Waals surface area contributed by atoms with Crippen LogP contribution in [0.4, 0.5) is 14.1 Å². The minimum Gasteiger partial charge on any atom is -0.222 e. The SMILES string of the molecule is C1=CN(N2C=CN[CH-]2)[CH-]N1.C1=CN(N2C=CN[CH-]2)[CH-]N1.C1=CN(N2C=CN[CH-]2)[CH-]N1.C=[N-].[Br][Os][Br].[Br][Os][Br].[Br][Os][Br].[F-].[F][Sb]([F])([F])([F])[F].[O-][Cl+3]([O-])([O-])[O-]. The Morgan fingerprint density at radius 3 is 0.623 bits per heavy atom. The number of nitrogens with zero attached hydrogens (tertiary/aromatic N) is 7. The molecule has 0 spiro atoms. The topological polar surface area (TPSA) is 206 Å². The Balaban J connectivity index is -0.000000269. The van der Waals surface area contributed by atoms with E-state index < -0.39 is 30.5 Å². The maximum atomic E-state index is 9.91. The van der Waals surface area contributed by atoms with Gasteiger partial charge in [0, 0.05) is 37.2 Å². The van der Waals surface area contributed by atoms with Crippen molar-refractivity contribution in [2.24, 2.45) is 0 Å². The van der Waals surface area contributed by atoms with Gasteiger partial charge in [-0.1, -0.05) is 0 Å². The van der Waals surface area contributed by atoms with Crippen LogP contribution < -0.4 is 55.2 Å². The molecule has 6 rings (SSSR count). The standard InChI is InChI=1S/3C6H8N4.CH2N.6BrH.ClHO4.6FH.3Os.Sb/c3*1-3-9(5-7-1)10-4-2-8-6-10;1-2;;;;;;;2-1(3,4)5;;;;;;;;;;/h3*1-8H;1H2;6*1H;(H,2,3,4,5);6*1H;;;;/q3*-2;-1;;;;;;;;;;;;;;3*+2;+5/p-13. The molecular formula is C19H26Br6ClF6N13O4Os3Sb-9. The van der Waals surface area contributed by atoms with Crippen molar-refractivity contribution in [1.29, 1.82) is 0 Å². The van der Waals surface area contributed by atoms with Gasteiger partial charge in [-0.25, -0.2) is 25.4 Å². The van der Waals surface area contributed by atoms with E-state index in [4.69, 9.17) is 24.0 Å². The molecule has 0 fully saturated rings. The van der Waals surface area contributed by atoms with Gasteiger partial charge in [0.15, 0.2) is 0 Å². The molecule has 6 aliphatic rings. The molecule has 0 aliphatic carbocycles. The summed E-state index contributed by atoms with van der Waals surface area (Å²) in [6.07, 6.45) is 22.7.